The summed E-state index contributed by atoms with van der Waals surface area (Å²) in [4.78, 5) is 21.5. The second kappa shape index (κ2) is 8.49. The molecular formula is C22H21FN6O2. The number of hydrogen-bond donors (Lipinski definition) is 2. The predicted octanol–water partition coefficient (Wildman–Crippen LogP) is 2.81. The second-order valence-electron chi connectivity index (χ2n) is 7.10. The SMILES string of the molecule is Cc1ccc(C(CO)n2ccc(-c3ccnc(Nc4ccnn4C)n3)cc2=O)cc1F. The van der Waals surface area contributed by atoms with Crippen molar-refractivity contribution in [3.63, 3.8) is 0 Å². The minimum absolute atomic E-state index is 0.336. The molecule has 31 heavy (non-hydrogen) atoms. The Morgan fingerprint density at radius 3 is 2.68 bits per heavy atom. The van der Waals surface area contributed by atoms with Crippen LogP contribution in [0.2, 0.25) is 0 Å². The molecular weight excluding hydrogens is 399 g/mol. The van der Waals surface area contributed by atoms with E-state index in [1.807, 2.05) is 0 Å². The molecule has 3 aromatic heterocycles. The van der Waals surface area contributed by atoms with E-state index < -0.39 is 6.04 Å². The maximum Gasteiger partial charge on any atom is 0.251 e. The highest BCUT2D eigenvalue weighted by atomic mass is 19.1. The topological polar surface area (TPSA) is 97.9 Å². The lowest BCUT2D eigenvalue weighted by molar-refractivity contribution is 0.246. The van der Waals surface area contributed by atoms with E-state index in [1.165, 1.54) is 16.7 Å². The zero-order valence-electron chi connectivity index (χ0n) is 17.0. The maximum absolute atomic E-state index is 14.0. The Hall–Kier alpha value is -3.85. The van der Waals surface area contributed by atoms with Crippen molar-refractivity contribution in [2.75, 3.05) is 11.9 Å². The molecule has 0 radical (unpaired) electrons. The van der Waals surface area contributed by atoms with Crippen LogP contribution >= 0.6 is 0 Å². The minimum atomic E-state index is -0.691. The van der Waals surface area contributed by atoms with Crippen LogP contribution in [0.5, 0.6) is 0 Å². The molecule has 1 unspecified atom stereocenters. The lowest BCUT2D eigenvalue weighted by Crippen LogP contribution is -2.27. The van der Waals surface area contributed by atoms with Crippen LogP contribution in [-0.2, 0) is 7.05 Å². The van der Waals surface area contributed by atoms with E-state index in [0.717, 1.165) is 5.82 Å². The fourth-order valence-electron chi connectivity index (χ4n) is 3.27. The van der Waals surface area contributed by atoms with E-state index in [2.05, 4.69) is 20.4 Å². The molecule has 9 heteroatoms. The molecule has 4 rings (SSSR count). The molecule has 0 amide bonds. The molecule has 0 saturated carbocycles. The van der Waals surface area contributed by atoms with Gasteiger partial charge in [-0.1, -0.05) is 12.1 Å². The van der Waals surface area contributed by atoms with Crippen molar-refractivity contribution in [3.05, 3.63) is 88.4 Å². The van der Waals surface area contributed by atoms with Gasteiger partial charge in [-0.25, -0.2) is 14.4 Å². The van der Waals surface area contributed by atoms with Crippen molar-refractivity contribution < 1.29 is 9.50 Å². The van der Waals surface area contributed by atoms with Gasteiger partial charge in [-0.05, 0) is 36.2 Å². The van der Waals surface area contributed by atoms with Crippen LogP contribution in [0.3, 0.4) is 0 Å². The number of aliphatic hydroxyl groups is 1. The van der Waals surface area contributed by atoms with E-state index in [4.69, 9.17) is 0 Å². The van der Waals surface area contributed by atoms with Gasteiger partial charge in [0.05, 0.1) is 24.5 Å². The Morgan fingerprint density at radius 2 is 2.00 bits per heavy atom. The molecule has 0 bridgehead atoms. The number of aryl methyl sites for hydroxylation is 2. The molecule has 0 aliphatic heterocycles. The van der Waals surface area contributed by atoms with Crippen molar-refractivity contribution in [1.82, 2.24) is 24.3 Å². The molecule has 0 aliphatic carbocycles. The van der Waals surface area contributed by atoms with Crippen molar-refractivity contribution in [2.45, 2.75) is 13.0 Å². The van der Waals surface area contributed by atoms with Gasteiger partial charge in [-0.3, -0.25) is 9.48 Å². The zero-order valence-corrected chi connectivity index (χ0v) is 17.0. The quantitative estimate of drug-likeness (QED) is 0.498. The minimum Gasteiger partial charge on any atom is -0.394 e. The second-order valence-corrected chi connectivity index (χ2v) is 7.10. The molecule has 1 aromatic carbocycles. The number of anilines is 2. The van der Waals surface area contributed by atoms with E-state index in [1.54, 1.807) is 67.6 Å². The van der Waals surface area contributed by atoms with Gasteiger partial charge in [0.1, 0.15) is 11.6 Å². The summed E-state index contributed by atoms with van der Waals surface area (Å²) in [6, 6.07) is 10.6. The van der Waals surface area contributed by atoms with E-state index in [-0.39, 0.29) is 18.0 Å². The van der Waals surface area contributed by atoms with Crippen molar-refractivity contribution in [2.24, 2.45) is 7.05 Å². The molecule has 2 N–H and O–H groups in total. The van der Waals surface area contributed by atoms with Crippen LogP contribution in [0.4, 0.5) is 16.2 Å². The summed E-state index contributed by atoms with van der Waals surface area (Å²) in [5, 5.41) is 17.0. The summed E-state index contributed by atoms with van der Waals surface area (Å²) in [6.45, 7) is 1.32. The molecule has 0 saturated heterocycles. The number of halogens is 1. The number of aliphatic hydroxyl groups excluding tert-OH is 1. The van der Waals surface area contributed by atoms with Crippen LogP contribution in [0, 0.1) is 12.7 Å². The number of aromatic nitrogens is 5. The number of hydrogen-bond acceptors (Lipinski definition) is 6. The van der Waals surface area contributed by atoms with Crippen LogP contribution in [0.1, 0.15) is 17.2 Å². The Labute approximate surface area is 177 Å². The third-order valence-electron chi connectivity index (χ3n) is 5.05. The zero-order chi connectivity index (χ0) is 22.0. The molecule has 1 atom stereocenters. The first-order valence-corrected chi connectivity index (χ1v) is 9.64. The van der Waals surface area contributed by atoms with Gasteiger partial charge in [-0.2, -0.15) is 5.10 Å². The Kier molecular flexibility index (Phi) is 5.59. The molecule has 3 heterocycles. The standard InChI is InChI=1S/C22H21FN6O2/c1-14-3-4-16(11-17(14)23)19(13-30)29-10-7-15(12-21(29)31)18-5-8-24-22(26-18)27-20-6-9-25-28(20)2/h3-12,19,30H,13H2,1-2H3,(H,24,26,27). The molecule has 4 aromatic rings. The largest absolute Gasteiger partial charge is 0.394 e. The number of nitrogens with one attached hydrogen (secondary N) is 1. The molecule has 158 valence electrons. The summed E-state index contributed by atoms with van der Waals surface area (Å²) in [7, 11) is 1.79. The summed E-state index contributed by atoms with van der Waals surface area (Å²) < 4.78 is 17.0. The first kappa shape index (κ1) is 20.4. The first-order valence-electron chi connectivity index (χ1n) is 9.64. The van der Waals surface area contributed by atoms with Gasteiger partial charge in [0, 0.05) is 37.1 Å². The number of nitrogens with zero attached hydrogens (tertiary/aromatic N) is 5. The van der Waals surface area contributed by atoms with E-state index in [9.17, 15) is 14.3 Å². The Bertz CT molecular complexity index is 1280. The maximum atomic E-state index is 14.0. The normalized spacial score (nSPS) is 12.0. The summed E-state index contributed by atoms with van der Waals surface area (Å²) in [5.41, 5.74) is 1.85. The average Bonchev–Trinajstić information content (AvgIpc) is 3.16. The van der Waals surface area contributed by atoms with Gasteiger partial charge in [0.25, 0.3) is 5.56 Å². The third-order valence-corrected chi connectivity index (χ3v) is 5.05. The van der Waals surface area contributed by atoms with Crippen LogP contribution in [0.25, 0.3) is 11.3 Å². The van der Waals surface area contributed by atoms with Crippen molar-refractivity contribution in [1.29, 1.82) is 0 Å². The molecule has 0 fully saturated rings. The Morgan fingerprint density at radius 1 is 1.16 bits per heavy atom. The molecule has 0 spiro atoms. The van der Waals surface area contributed by atoms with Crippen LogP contribution < -0.4 is 10.9 Å². The fourth-order valence-corrected chi connectivity index (χ4v) is 3.27. The van der Waals surface area contributed by atoms with Gasteiger partial charge >= 0.3 is 0 Å². The first-order chi connectivity index (χ1) is 15.0. The third kappa shape index (κ3) is 4.22. The average molecular weight is 420 g/mol. The smallest absolute Gasteiger partial charge is 0.251 e. The monoisotopic (exact) mass is 420 g/mol. The highest BCUT2D eigenvalue weighted by molar-refractivity contribution is 5.60. The van der Waals surface area contributed by atoms with Crippen LogP contribution in [-0.4, -0.2) is 36.0 Å². The van der Waals surface area contributed by atoms with Gasteiger partial charge in [-0.15, -0.1) is 0 Å². The highest BCUT2D eigenvalue weighted by Gasteiger charge is 2.16. The lowest BCUT2D eigenvalue weighted by atomic mass is 10.0. The van der Waals surface area contributed by atoms with Crippen LogP contribution in [0.15, 0.2) is 65.8 Å². The number of rotatable bonds is 6. The van der Waals surface area contributed by atoms with Gasteiger partial charge < -0.3 is 15.0 Å². The fraction of sp³-hybridized carbons (Fsp3) is 0.182. The number of benzene rings is 1. The molecule has 8 nitrogen and oxygen atoms in total. The van der Waals surface area contributed by atoms with E-state index in [0.29, 0.717) is 28.3 Å². The summed E-state index contributed by atoms with van der Waals surface area (Å²) >= 11 is 0. The lowest BCUT2D eigenvalue weighted by Gasteiger charge is -2.19. The number of pyridine rings is 1. The van der Waals surface area contributed by atoms with Gasteiger partial charge in [0.2, 0.25) is 5.95 Å². The molecule has 0 aliphatic rings. The summed E-state index contributed by atoms with van der Waals surface area (Å²) in [5.74, 6) is 0.715. The van der Waals surface area contributed by atoms with E-state index >= 15 is 0 Å². The highest BCUT2D eigenvalue weighted by Crippen LogP contribution is 2.22. The van der Waals surface area contributed by atoms with Gasteiger partial charge in [0.15, 0.2) is 0 Å². The Balaban J connectivity index is 1.64. The summed E-state index contributed by atoms with van der Waals surface area (Å²) in [6.07, 6.45) is 4.83. The van der Waals surface area contributed by atoms with Crippen molar-refractivity contribution >= 4 is 11.8 Å². The predicted molar refractivity (Wildman–Crippen MR) is 115 cm³/mol. The van der Waals surface area contributed by atoms with Crippen molar-refractivity contribution in [3.8, 4) is 11.3 Å².